The van der Waals surface area contributed by atoms with Crippen molar-refractivity contribution in [2.75, 3.05) is 6.61 Å². The van der Waals surface area contributed by atoms with Gasteiger partial charge in [0.15, 0.2) is 0 Å². The molecule has 0 saturated carbocycles. The number of alkyl carbamates (subject to hydrolysis) is 1. The van der Waals surface area contributed by atoms with E-state index in [9.17, 15) is 15.0 Å². The number of carbonyl (C=O) groups is 1. The quantitative estimate of drug-likeness (QED) is 0.378. The Hall–Kier alpha value is -0.890. The molecular formula is C7H11NO6. The second kappa shape index (κ2) is 3.35. The van der Waals surface area contributed by atoms with Gasteiger partial charge in [-0.1, -0.05) is 0 Å². The predicted molar refractivity (Wildman–Crippen MR) is 41.2 cm³/mol. The third-order valence-corrected chi connectivity index (χ3v) is 2.39. The average Bonchev–Trinajstić information content (AvgIpc) is 2.52. The molecule has 7 nitrogen and oxygen atoms in total. The summed E-state index contributed by atoms with van der Waals surface area (Å²) in [6.07, 6.45) is -5.01. The van der Waals surface area contributed by atoms with Crippen LogP contribution in [0, 0.1) is 0 Å². The lowest BCUT2D eigenvalue weighted by Crippen LogP contribution is -2.60. The molecule has 0 bridgehead atoms. The first kappa shape index (κ1) is 9.66. The fourth-order valence-electron chi connectivity index (χ4n) is 1.61. The van der Waals surface area contributed by atoms with Gasteiger partial charge in [-0.2, -0.15) is 0 Å². The molecule has 0 unspecified atom stereocenters. The summed E-state index contributed by atoms with van der Waals surface area (Å²) >= 11 is 0. The molecule has 80 valence electrons. The fraction of sp³-hybridized carbons (Fsp3) is 0.857. The van der Waals surface area contributed by atoms with E-state index < -0.39 is 43.3 Å². The predicted octanol–water partition coefficient (Wildman–Crippen LogP) is -2.47. The van der Waals surface area contributed by atoms with Crippen LogP contribution in [0.2, 0.25) is 0 Å². The van der Waals surface area contributed by atoms with Crippen molar-refractivity contribution in [2.24, 2.45) is 0 Å². The van der Waals surface area contributed by atoms with E-state index in [1.807, 2.05) is 0 Å². The Kier molecular flexibility index (Phi) is 2.31. The number of ether oxygens (including phenoxy) is 2. The number of rotatable bonds is 1. The minimum absolute atomic E-state index is 0.445. The van der Waals surface area contributed by atoms with Crippen molar-refractivity contribution in [1.29, 1.82) is 0 Å². The largest absolute Gasteiger partial charge is 0.417 e. The minimum Gasteiger partial charge on any atom is -0.417 e. The number of fused-ring (bicyclic) bond motifs is 1. The van der Waals surface area contributed by atoms with Gasteiger partial charge in [-0.3, -0.25) is 0 Å². The van der Waals surface area contributed by atoms with Crippen LogP contribution < -0.4 is 5.32 Å². The number of aliphatic hydroxyl groups excluding tert-OH is 3. The van der Waals surface area contributed by atoms with E-state index in [0.29, 0.717) is 0 Å². The Bertz CT molecular complexity index is 246. The molecular weight excluding hydrogens is 194 g/mol. The maximum absolute atomic E-state index is 10.8. The Balaban J connectivity index is 2.13. The summed E-state index contributed by atoms with van der Waals surface area (Å²) in [6, 6.07) is -0.778. The summed E-state index contributed by atoms with van der Waals surface area (Å²) in [5.74, 6) is 0. The Morgan fingerprint density at radius 2 is 2.07 bits per heavy atom. The van der Waals surface area contributed by atoms with E-state index in [4.69, 9.17) is 9.84 Å². The number of nitrogens with one attached hydrogen (secondary N) is 1. The number of amides is 1. The van der Waals surface area contributed by atoms with Crippen LogP contribution in [0.3, 0.4) is 0 Å². The molecule has 0 aromatic heterocycles. The van der Waals surface area contributed by atoms with Gasteiger partial charge in [0.25, 0.3) is 0 Å². The molecule has 0 aliphatic carbocycles. The molecule has 2 aliphatic rings. The highest BCUT2D eigenvalue weighted by molar-refractivity contribution is 5.70. The SMILES string of the molecule is O=C1N[C@H]2[C@@H](O1)O[C@H](CO)[C@@H](O)[C@@H]2O. The molecule has 0 aromatic rings. The number of aliphatic hydroxyl groups is 3. The maximum atomic E-state index is 10.8. The second-order valence-electron chi connectivity index (χ2n) is 3.28. The molecule has 7 heteroatoms. The molecule has 5 atom stereocenters. The van der Waals surface area contributed by atoms with Gasteiger partial charge in [-0.05, 0) is 0 Å². The Morgan fingerprint density at radius 3 is 2.71 bits per heavy atom. The van der Waals surface area contributed by atoms with Gasteiger partial charge >= 0.3 is 6.09 Å². The van der Waals surface area contributed by atoms with Gasteiger partial charge in [0.2, 0.25) is 6.29 Å². The second-order valence-corrected chi connectivity index (χ2v) is 3.28. The first-order chi connectivity index (χ1) is 6.63. The van der Waals surface area contributed by atoms with E-state index in [1.165, 1.54) is 0 Å². The van der Waals surface area contributed by atoms with Crippen LogP contribution in [0.25, 0.3) is 0 Å². The molecule has 4 N–H and O–H groups in total. The van der Waals surface area contributed by atoms with E-state index in [1.54, 1.807) is 0 Å². The highest BCUT2D eigenvalue weighted by Gasteiger charge is 2.50. The van der Waals surface area contributed by atoms with Crippen LogP contribution in [0.5, 0.6) is 0 Å². The maximum Gasteiger partial charge on any atom is 0.410 e. The third-order valence-electron chi connectivity index (χ3n) is 2.39. The lowest BCUT2D eigenvalue weighted by molar-refractivity contribution is -0.234. The zero-order valence-electron chi connectivity index (χ0n) is 7.16. The van der Waals surface area contributed by atoms with Crippen LogP contribution in [-0.4, -0.2) is 58.7 Å². The number of hydrogen-bond acceptors (Lipinski definition) is 6. The smallest absolute Gasteiger partial charge is 0.410 e. The van der Waals surface area contributed by atoms with Crippen molar-refractivity contribution >= 4 is 6.09 Å². The monoisotopic (exact) mass is 205 g/mol. The Morgan fingerprint density at radius 1 is 1.36 bits per heavy atom. The molecule has 2 rings (SSSR count). The van der Waals surface area contributed by atoms with Gasteiger partial charge in [0, 0.05) is 0 Å². The first-order valence-corrected chi connectivity index (χ1v) is 4.23. The molecule has 1 amide bonds. The van der Waals surface area contributed by atoms with E-state index in [2.05, 4.69) is 10.1 Å². The molecule has 0 radical (unpaired) electrons. The molecule has 2 fully saturated rings. The molecule has 2 aliphatic heterocycles. The van der Waals surface area contributed by atoms with E-state index in [-0.39, 0.29) is 0 Å². The average molecular weight is 205 g/mol. The van der Waals surface area contributed by atoms with Crippen LogP contribution in [0.15, 0.2) is 0 Å². The minimum atomic E-state index is -1.23. The van der Waals surface area contributed by atoms with Crippen molar-refractivity contribution in [2.45, 2.75) is 30.6 Å². The summed E-state index contributed by atoms with van der Waals surface area (Å²) in [5, 5.41) is 30.1. The summed E-state index contributed by atoms with van der Waals surface area (Å²) in [6.45, 7) is -0.445. The summed E-state index contributed by atoms with van der Waals surface area (Å²) < 4.78 is 9.71. The highest BCUT2D eigenvalue weighted by Crippen LogP contribution is 2.25. The van der Waals surface area contributed by atoms with Crippen molar-refractivity contribution in [3.63, 3.8) is 0 Å². The Labute approximate surface area is 79.2 Å². The van der Waals surface area contributed by atoms with Gasteiger partial charge in [0.05, 0.1) is 6.61 Å². The summed E-state index contributed by atoms with van der Waals surface area (Å²) in [7, 11) is 0. The summed E-state index contributed by atoms with van der Waals surface area (Å²) in [4.78, 5) is 10.8. The van der Waals surface area contributed by atoms with Gasteiger partial charge < -0.3 is 30.1 Å². The topological polar surface area (TPSA) is 108 Å². The number of hydrogen-bond donors (Lipinski definition) is 4. The van der Waals surface area contributed by atoms with Crippen molar-refractivity contribution in [3.8, 4) is 0 Å². The van der Waals surface area contributed by atoms with Crippen LogP contribution in [-0.2, 0) is 9.47 Å². The molecule has 2 saturated heterocycles. The van der Waals surface area contributed by atoms with Crippen LogP contribution >= 0.6 is 0 Å². The first-order valence-electron chi connectivity index (χ1n) is 4.23. The highest BCUT2D eigenvalue weighted by atomic mass is 16.7. The van der Waals surface area contributed by atoms with Crippen LogP contribution in [0.1, 0.15) is 0 Å². The number of carbonyl (C=O) groups excluding carboxylic acids is 1. The van der Waals surface area contributed by atoms with Crippen molar-refractivity contribution in [1.82, 2.24) is 5.32 Å². The summed E-state index contributed by atoms with van der Waals surface area (Å²) in [5.41, 5.74) is 0. The van der Waals surface area contributed by atoms with Gasteiger partial charge in [0.1, 0.15) is 24.4 Å². The van der Waals surface area contributed by atoms with Crippen LogP contribution in [0.4, 0.5) is 4.79 Å². The zero-order chi connectivity index (χ0) is 10.3. The standard InChI is InChI=1S/C7H11NO6/c9-1-2-4(10)5(11)3-6(13-2)14-7(12)8-3/h2-6,9-11H,1H2,(H,8,12)/t2-,3-,4-,5-,6-/m1/s1. The molecule has 0 aromatic carbocycles. The van der Waals surface area contributed by atoms with Gasteiger partial charge in [-0.25, -0.2) is 4.79 Å². The molecule has 2 heterocycles. The van der Waals surface area contributed by atoms with Gasteiger partial charge in [-0.15, -0.1) is 0 Å². The lowest BCUT2D eigenvalue weighted by Gasteiger charge is -2.36. The van der Waals surface area contributed by atoms with Crippen molar-refractivity contribution < 1.29 is 29.6 Å². The fourth-order valence-corrected chi connectivity index (χ4v) is 1.61. The van der Waals surface area contributed by atoms with E-state index in [0.717, 1.165) is 0 Å². The normalized spacial score (nSPS) is 46.8. The molecule has 0 spiro atoms. The molecule has 14 heavy (non-hydrogen) atoms. The van der Waals surface area contributed by atoms with Crippen molar-refractivity contribution in [3.05, 3.63) is 0 Å². The van der Waals surface area contributed by atoms with E-state index >= 15 is 0 Å². The lowest BCUT2D eigenvalue weighted by atomic mass is 9.98. The third kappa shape index (κ3) is 1.34. The zero-order valence-corrected chi connectivity index (χ0v) is 7.16.